The van der Waals surface area contributed by atoms with Crippen LogP contribution < -0.4 is 0 Å². The van der Waals surface area contributed by atoms with Crippen LogP contribution in [0, 0.1) is 11.8 Å². The van der Waals surface area contributed by atoms with E-state index >= 15 is 0 Å². The largest absolute Gasteiger partial charge is 0.455 e. The summed E-state index contributed by atoms with van der Waals surface area (Å²) in [5.74, 6) is -3.49. The van der Waals surface area contributed by atoms with Gasteiger partial charge in [0.2, 0.25) is 17.7 Å². The second-order valence-electron chi connectivity index (χ2n) is 14.6. The number of aliphatic hydroxyl groups is 1. The van der Waals surface area contributed by atoms with E-state index in [4.69, 9.17) is 9.47 Å². The number of hydrogen-bond acceptors (Lipinski definition) is 7. The molecule has 11 heteroatoms. The van der Waals surface area contributed by atoms with Crippen LogP contribution in [-0.4, -0.2) is 105 Å². The minimum absolute atomic E-state index is 0.114. The molecule has 0 saturated carbocycles. The van der Waals surface area contributed by atoms with Crippen LogP contribution in [0.5, 0.6) is 0 Å². The van der Waals surface area contributed by atoms with E-state index in [0.29, 0.717) is 31.4 Å². The number of carbonyl (C=O) groups is 4. The Hall–Kier alpha value is -3.80. The highest BCUT2D eigenvalue weighted by Crippen LogP contribution is 2.61. The second-order valence-corrected chi connectivity index (χ2v) is 15.7. The van der Waals surface area contributed by atoms with Gasteiger partial charge >= 0.3 is 5.97 Å². The first-order chi connectivity index (χ1) is 25.5. The number of carbonyl (C=O) groups excluding carboxylic acids is 4. The molecule has 2 aromatic carbocycles. The second kappa shape index (κ2) is 18.0. The van der Waals surface area contributed by atoms with Crippen molar-refractivity contribution in [2.24, 2.45) is 11.8 Å². The Balaban J connectivity index is 1.54. The Morgan fingerprint density at radius 1 is 1.09 bits per heavy atom. The third kappa shape index (κ3) is 8.17. The Morgan fingerprint density at radius 3 is 2.40 bits per heavy atom. The summed E-state index contributed by atoms with van der Waals surface area (Å²) in [7, 11) is 1.69. The molecule has 5 rings (SSSR count). The predicted molar refractivity (Wildman–Crippen MR) is 207 cm³/mol. The first-order valence-corrected chi connectivity index (χ1v) is 19.8. The number of allylic oxidation sites excluding steroid dienone is 1. The zero-order valence-electron chi connectivity index (χ0n) is 31.1. The number of aliphatic hydroxyl groups excluding tert-OH is 1. The summed E-state index contributed by atoms with van der Waals surface area (Å²) < 4.78 is 13.2. The molecule has 3 aliphatic heterocycles. The van der Waals surface area contributed by atoms with Crippen LogP contribution in [0.25, 0.3) is 0 Å². The SMILES string of the molecule is C=CCCC(=O)N(C)[C@@H](C)[C@@H](OC(=O)[C@H]1[C@@H]2O[C@@]3(CC2Br)[C@@H]1C(=O)N([C@@H](CO)Cc1ccccc1)[C@@H]3C(=O)N(CC=C)CCCCC)c1ccccc1. The highest BCUT2D eigenvalue weighted by atomic mass is 79.9. The standard InChI is InChI=1S/C42H54BrN3O7/c1-6-9-17-24-45(23-8-3)40(50)38-42-26-32(43)37(53-42)34(35(42)39(49)46(38)31(27-47)25-29-18-13-11-14-19-29)41(51)52-36(30-20-15-12-16-21-30)28(4)44(5)33(48)22-10-7-2/h7-8,11-16,18-21,28,31-32,34-38,47H,2-3,6,9-10,17,22-27H2,1,4-5H3/t28-,31+,32?,34+,35-,36+,37+,38+,42-/m0/s1. The van der Waals surface area contributed by atoms with Gasteiger partial charge in [0.1, 0.15) is 17.7 Å². The predicted octanol–water partition coefficient (Wildman–Crippen LogP) is 5.64. The number of benzene rings is 2. The third-order valence-electron chi connectivity index (χ3n) is 11.2. The summed E-state index contributed by atoms with van der Waals surface area (Å²) in [5, 5.41) is 10.9. The molecule has 3 amide bonds. The van der Waals surface area contributed by atoms with Gasteiger partial charge in [0.15, 0.2) is 0 Å². The van der Waals surface area contributed by atoms with Crippen LogP contribution in [0.15, 0.2) is 86.0 Å². The monoisotopic (exact) mass is 791 g/mol. The minimum atomic E-state index is -1.34. The number of fused-ring (bicyclic) bond motifs is 1. The van der Waals surface area contributed by atoms with Crippen molar-refractivity contribution in [2.45, 2.75) is 99.6 Å². The quantitative estimate of drug-likeness (QED) is 0.0848. The summed E-state index contributed by atoms with van der Waals surface area (Å²) in [6, 6.07) is 16.4. The highest BCUT2D eigenvalue weighted by Gasteiger charge is 2.77. The number of esters is 1. The molecular weight excluding hydrogens is 738 g/mol. The fourth-order valence-corrected chi connectivity index (χ4v) is 9.39. The molecule has 0 aliphatic carbocycles. The van der Waals surface area contributed by atoms with Crippen LogP contribution in [0.4, 0.5) is 0 Å². The van der Waals surface area contributed by atoms with Crippen molar-refractivity contribution < 1.29 is 33.8 Å². The number of amides is 3. The molecule has 0 radical (unpaired) electrons. The van der Waals surface area contributed by atoms with Crippen LogP contribution in [0.2, 0.25) is 0 Å². The maximum absolute atomic E-state index is 15.0. The summed E-state index contributed by atoms with van der Waals surface area (Å²) >= 11 is 3.77. The summed E-state index contributed by atoms with van der Waals surface area (Å²) in [6.45, 7) is 11.9. The Morgan fingerprint density at radius 2 is 1.77 bits per heavy atom. The van der Waals surface area contributed by atoms with E-state index in [1.807, 2.05) is 67.6 Å². The Kier molecular flexibility index (Phi) is 13.7. The fraction of sp³-hybridized carbons (Fsp3) is 0.524. The lowest BCUT2D eigenvalue weighted by Crippen LogP contribution is -2.59. The number of likely N-dealkylation sites (tertiary alicyclic amines) is 1. The smallest absolute Gasteiger partial charge is 0.313 e. The summed E-state index contributed by atoms with van der Waals surface area (Å²) in [6.07, 6.45) is 5.89. The van der Waals surface area contributed by atoms with Gasteiger partial charge in [-0.2, -0.15) is 0 Å². The molecule has 10 nitrogen and oxygen atoms in total. The van der Waals surface area contributed by atoms with E-state index < -0.39 is 59.6 Å². The van der Waals surface area contributed by atoms with Crippen LogP contribution in [-0.2, 0) is 35.1 Å². The number of alkyl halides is 1. The minimum Gasteiger partial charge on any atom is -0.455 e. The zero-order chi connectivity index (χ0) is 38.3. The number of nitrogens with zero attached hydrogens (tertiary/aromatic N) is 3. The van der Waals surface area contributed by atoms with Gasteiger partial charge in [-0.25, -0.2) is 0 Å². The molecular formula is C42H54BrN3O7. The zero-order valence-corrected chi connectivity index (χ0v) is 32.7. The molecule has 1 spiro atoms. The van der Waals surface area contributed by atoms with Gasteiger partial charge in [0.25, 0.3) is 0 Å². The van der Waals surface area contributed by atoms with Gasteiger partial charge in [-0.15, -0.1) is 13.2 Å². The molecule has 2 bridgehead atoms. The van der Waals surface area contributed by atoms with Gasteiger partial charge in [-0.1, -0.05) is 109 Å². The number of halogens is 1. The lowest BCUT2D eigenvalue weighted by atomic mass is 9.70. The van der Waals surface area contributed by atoms with E-state index in [1.54, 1.807) is 29.0 Å². The molecule has 3 heterocycles. The number of unbranched alkanes of at least 4 members (excludes halogenated alkanes) is 2. The first-order valence-electron chi connectivity index (χ1n) is 18.8. The maximum Gasteiger partial charge on any atom is 0.313 e. The lowest BCUT2D eigenvalue weighted by molar-refractivity contribution is -0.165. The lowest BCUT2D eigenvalue weighted by Gasteiger charge is -2.39. The number of ether oxygens (including phenoxy) is 2. The van der Waals surface area contributed by atoms with Crippen LogP contribution in [0.1, 0.15) is 69.6 Å². The van der Waals surface area contributed by atoms with Gasteiger partial charge in [0.05, 0.1) is 36.6 Å². The van der Waals surface area contributed by atoms with Crippen molar-refractivity contribution in [1.29, 1.82) is 0 Å². The van der Waals surface area contributed by atoms with Crippen molar-refractivity contribution in [3.63, 3.8) is 0 Å². The summed E-state index contributed by atoms with van der Waals surface area (Å²) in [5.41, 5.74) is 0.265. The molecule has 0 aromatic heterocycles. The molecule has 2 aromatic rings. The Bertz CT molecular complexity index is 1610. The van der Waals surface area contributed by atoms with E-state index in [-0.39, 0.29) is 36.2 Å². The fourth-order valence-electron chi connectivity index (χ4n) is 8.44. The van der Waals surface area contributed by atoms with Crippen molar-refractivity contribution in [2.75, 3.05) is 26.7 Å². The number of rotatable bonds is 19. The van der Waals surface area contributed by atoms with E-state index in [2.05, 4.69) is 36.0 Å². The molecule has 1 N–H and O–H groups in total. The average molecular weight is 793 g/mol. The molecule has 286 valence electrons. The summed E-state index contributed by atoms with van der Waals surface area (Å²) in [4.78, 5) is 62.1. The maximum atomic E-state index is 15.0. The third-order valence-corrected chi connectivity index (χ3v) is 12.1. The number of hydrogen-bond donors (Lipinski definition) is 1. The number of likely N-dealkylation sites (N-methyl/N-ethyl adjacent to an activating group) is 1. The van der Waals surface area contributed by atoms with Crippen LogP contribution >= 0.6 is 15.9 Å². The topological polar surface area (TPSA) is 117 Å². The van der Waals surface area contributed by atoms with Crippen molar-refractivity contribution in [3.05, 3.63) is 97.1 Å². The molecule has 3 aliphatic rings. The normalized spacial score (nSPS) is 26.0. The van der Waals surface area contributed by atoms with E-state index in [9.17, 15) is 24.3 Å². The average Bonchev–Trinajstić information content (AvgIpc) is 3.77. The molecule has 53 heavy (non-hydrogen) atoms. The molecule has 3 fully saturated rings. The van der Waals surface area contributed by atoms with Gasteiger partial charge in [0, 0.05) is 31.4 Å². The highest BCUT2D eigenvalue weighted by molar-refractivity contribution is 9.09. The van der Waals surface area contributed by atoms with Crippen molar-refractivity contribution in [3.8, 4) is 0 Å². The molecule has 1 unspecified atom stereocenters. The van der Waals surface area contributed by atoms with Crippen molar-refractivity contribution >= 4 is 39.6 Å². The molecule has 3 saturated heterocycles. The van der Waals surface area contributed by atoms with Gasteiger partial charge < -0.3 is 29.3 Å². The Labute approximate surface area is 322 Å². The van der Waals surface area contributed by atoms with E-state index in [1.165, 1.54) is 4.90 Å². The van der Waals surface area contributed by atoms with Crippen molar-refractivity contribution in [1.82, 2.24) is 14.7 Å². The van der Waals surface area contributed by atoms with Gasteiger partial charge in [-0.05, 0) is 43.7 Å². The first kappa shape index (κ1) is 40.4. The molecule has 9 atom stereocenters. The van der Waals surface area contributed by atoms with Gasteiger partial charge in [-0.3, -0.25) is 19.2 Å². The van der Waals surface area contributed by atoms with E-state index in [0.717, 1.165) is 24.8 Å². The van der Waals surface area contributed by atoms with Crippen LogP contribution in [0.3, 0.4) is 0 Å².